The SMILES string of the molecule is O=Cc1nc(C(=O)N2CCCCC2)ccc1N1CCC(Oc2ccc(Cl)cc2)CC1. The summed E-state index contributed by atoms with van der Waals surface area (Å²) >= 11 is 5.92. The molecule has 2 aliphatic heterocycles. The first-order valence-corrected chi connectivity index (χ1v) is 10.9. The van der Waals surface area contributed by atoms with Crippen LogP contribution in [0.2, 0.25) is 5.02 Å². The van der Waals surface area contributed by atoms with E-state index < -0.39 is 0 Å². The highest BCUT2D eigenvalue weighted by Crippen LogP contribution is 2.26. The van der Waals surface area contributed by atoms with Gasteiger partial charge in [-0.2, -0.15) is 0 Å². The summed E-state index contributed by atoms with van der Waals surface area (Å²) in [5.74, 6) is 0.730. The summed E-state index contributed by atoms with van der Waals surface area (Å²) in [5, 5.41) is 0.688. The Kier molecular flexibility index (Phi) is 6.53. The fraction of sp³-hybridized carbons (Fsp3) is 0.435. The maximum atomic E-state index is 12.7. The molecule has 1 aromatic carbocycles. The summed E-state index contributed by atoms with van der Waals surface area (Å²) in [6.45, 7) is 3.06. The molecule has 3 heterocycles. The van der Waals surface area contributed by atoms with Crippen molar-refractivity contribution in [1.29, 1.82) is 0 Å². The lowest BCUT2D eigenvalue weighted by atomic mass is 10.1. The number of carbonyl (C=O) groups is 2. The standard InChI is InChI=1S/C23H26ClN3O3/c24-17-4-6-18(7-5-17)30-19-10-14-26(15-11-19)22-9-8-20(25-21(22)16-28)23(29)27-12-2-1-3-13-27/h4-9,16,19H,1-3,10-15H2. The van der Waals surface area contributed by atoms with Crippen LogP contribution in [0.15, 0.2) is 36.4 Å². The van der Waals surface area contributed by atoms with Gasteiger partial charge in [0.15, 0.2) is 6.29 Å². The van der Waals surface area contributed by atoms with E-state index in [1.807, 2.05) is 35.2 Å². The van der Waals surface area contributed by atoms with E-state index in [0.717, 1.165) is 76.0 Å². The van der Waals surface area contributed by atoms with Crippen LogP contribution in [0, 0.1) is 0 Å². The summed E-state index contributed by atoms with van der Waals surface area (Å²) in [6.07, 6.45) is 5.76. The van der Waals surface area contributed by atoms with Crippen molar-refractivity contribution < 1.29 is 14.3 Å². The highest BCUT2D eigenvalue weighted by molar-refractivity contribution is 6.30. The zero-order valence-corrected chi connectivity index (χ0v) is 17.7. The Hall–Kier alpha value is -2.60. The number of likely N-dealkylation sites (tertiary alicyclic amines) is 1. The van der Waals surface area contributed by atoms with Crippen molar-refractivity contribution in [2.75, 3.05) is 31.1 Å². The number of ether oxygens (including phenoxy) is 1. The van der Waals surface area contributed by atoms with E-state index in [1.165, 1.54) is 0 Å². The molecule has 6 nitrogen and oxygen atoms in total. The Bertz CT molecular complexity index is 889. The average Bonchev–Trinajstić information content (AvgIpc) is 2.81. The summed E-state index contributed by atoms with van der Waals surface area (Å²) < 4.78 is 6.05. The lowest BCUT2D eigenvalue weighted by Crippen LogP contribution is -2.39. The average molecular weight is 428 g/mol. The lowest BCUT2D eigenvalue weighted by molar-refractivity contribution is 0.0718. The van der Waals surface area contributed by atoms with Crippen LogP contribution in [0.1, 0.15) is 53.1 Å². The molecule has 1 aromatic heterocycles. The van der Waals surface area contributed by atoms with Crippen LogP contribution in [0.5, 0.6) is 5.75 Å². The third kappa shape index (κ3) is 4.75. The number of aromatic nitrogens is 1. The van der Waals surface area contributed by atoms with E-state index in [2.05, 4.69) is 9.88 Å². The summed E-state index contributed by atoms with van der Waals surface area (Å²) in [6, 6.07) is 11.0. The fourth-order valence-corrected chi connectivity index (χ4v) is 4.25. The molecule has 7 heteroatoms. The quantitative estimate of drug-likeness (QED) is 0.668. The minimum atomic E-state index is -0.0839. The molecule has 0 aliphatic carbocycles. The molecule has 30 heavy (non-hydrogen) atoms. The van der Waals surface area contributed by atoms with Gasteiger partial charge in [0, 0.05) is 44.0 Å². The molecule has 4 rings (SSSR count). The second-order valence-corrected chi connectivity index (χ2v) is 8.27. The number of aldehydes is 1. The zero-order valence-electron chi connectivity index (χ0n) is 16.9. The van der Waals surface area contributed by atoms with Crippen LogP contribution in [-0.2, 0) is 0 Å². The van der Waals surface area contributed by atoms with Gasteiger partial charge in [-0.25, -0.2) is 4.98 Å². The first kappa shape index (κ1) is 20.7. The Morgan fingerprint density at radius 3 is 2.37 bits per heavy atom. The minimum Gasteiger partial charge on any atom is -0.490 e. The number of hydrogen-bond donors (Lipinski definition) is 0. The number of anilines is 1. The van der Waals surface area contributed by atoms with Crippen molar-refractivity contribution in [2.45, 2.75) is 38.2 Å². The Morgan fingerprint density at radius 1 is 1.00 bits per heavy atom. The highest BCUT2D eigenvalue weighted by atomic mass is 35.5. The Balaban J connectivity index is 1.39. The smallest absolute Gasteiger partial charge is 0.272 e. The van der Waals surface area contributed by atoms with E-state index in [-0.39, 0.29) is 12.0 Å². The largest absolute Gasteiger partial charge is 0.490 e. The molecule has 2 aliphatic rings. The fourth-order valence-electron chi connectivity index (χ4n) is 4.12. The molecule has 2 fully saturated rings. The monoisotopic (exact) mass is 427 g/mol. The van der Waals surface area contributed by atoms with Crippen LogP contribution in [0.4, 0.5) is 5.69 Å². The molecule has 0 N–H and O–H groups in total. The van der Waals surface area contributed by atoms with Crippen molar-refractivity contribution >= 4 is 29.5 Å². The first-order chi connectivity index (χ1) is 14.6. The van der Waals surface area contributed by atoms with Crippen molar-refractivity contribution in [3.63, 3.8) is 0 Å². The molecule has 158 valence electrons. The minimum absolute atomic E-state index is 0.0839. The number of amides is 1. The van der Waals surface area contributed by atoms with E-state index in [4.69, 9.17) is 16.3 Å². The number of pyridine rings is 1. The normalized spacial score (nSPS) is 17.6. The van der Waals surface area contributed by atoms with Crippen LogP contribution in [0.25, 0.3) is 0 Å². The molecule has 0 radical (unpaired) electrons. The number of benzene rings is 1. The van der Waals surface area contributed by atoms with Gasteiger partial charge in [-0.15, -0.1) is 0 Å². The zero-order chi connectivity index (χ0) is 20.9. The third-order valence-corrected chi connectivity index (χ3v) is 6.03. The number of nitrogens with zero attached hydrogens (tertiary/aromatic N) is 3. The van der Waals surface area contributed by atoms with Crippen LogP contribution in [0.3, 0.4) is 0 Å². The Morgan fingerprint density at radius 2 is 1.70 bits per heavy atom. The predicted molar refractivity (Wildman–Crippen MR) is 117 cm³/mol. The van der Waals surface area contributed by atoms with E-state index in [1.54, 1.807) is 6.07 Å². The summed E-state index contributed by atoms with van der Waals surface area (Å²) in [5.41, 5.74) is 1.46. The number of hydrogen-bond acceptors (Lipinski definition) is 5. The second-order valence-electron chi connectivity index (χ2n) is 7.83. The van der Waals surface area contributed by atoms with E-state index in [9.17, 15) is 9.59 Å². The van der Waals surface area contributed by atoms with Crippen LogP contribution >= 0.6 is 11.6 Å². The van der Waals surface area contributed by atoms with Crippen molar-refractivity contribution in [1.82, 2.24) is 9.88 Å². The van der Waals surface area contributed by atoms with Gasteiger partial charge in [0.1, 0.15) is 23.2 Å². The summed E-state index contributed by atoms with van der Waals surface area (Å²) in [7, 11) is 0. The van der Waals surface area contributed by atoms with Gasteiger partial charge in [0.2, 0.25) is 0 Å². The maximum absolute atomic E-state index is 12.7. The predicted octanol–water partition coefficient (Wildman–Crippen LogP) is 4.22. The number of halogens is 1. The van der Waals surface area contributed by atoms with E-state index >= 15 is 0 Å². The number of piperidine rings is 2. The molecular weight excluding hydrogens is 402 g/mol. The first-order valence-electron chi connectivity index (χ1n) is 10.6. The molecule has 2 aromatic rings. The van der Waals surface area contributed by atoms with Crippen molar-refractivity contribution in [3.05, 3.63) is 52.8 Å². The van der Waals surface area contributed by atoms with Crippen LogP contribution in [-0.4, -0.2) is 54.4 Å². The second kappa shape index (κ2) is 9.47. The Labute approximate surface area is 181 Å². The molecule has 0 unspecified atom stereocenters. The molecule has 1 amide bonds. The van der Waals surface area contributed by atoms with Gasteiger partial charge < -0.3 is 14.5 Å². The lowest BCUT2D eigenvalue weighted by Gasteiger charge is -2.34. The van der Waals surface area contributed by atoms with Gasteiger partial charge >= 0.3 is 0 Å². The summed E-state index contributed by atoms with van der Waals surface area (Å²) in [4.78, 5) is 32.8. The molecule has 0 atom stereocenters. The van der Waals surface area contributed by atoms with E-state index in [0.29, 0.717) is 16.4 Å². The van der Waals surface area contributed by atoms with Gasteiger partial charge in [-0.05, 0) is 55.7 Å². The van der Waals surface area contributed by atoms with Gasteiger partial charge in [0.25, 0.3) is 5.91 Å². The van der Waals surface area contributed by atoms with Gasteiger partial charge in [-0.3, -0.25) is 9.59 Å². The molecule has 2 saturated heterocycles. The highest BCUT2D eigenvalue weighted by Gasteiger charge is 2.25. The van der Waals surface area contributed by atoms with Gasteiger partial charge in [-0.1, -0.05) is 11.6 Å². The number of carbonyl (C=O) groups excluding carboxylic acids is 2. The number of rotatable bonds is 5. The van der Waals surface area contributed by atoms with Crippen molar-refractivity contribution in [3.8, 4) is 5.75 Å². The topological polar surface area (TPSA) is 62.7 Å². The molecule has 0 spiro atoms. The maximum Gasteiger partial charge on any atom is 0.272 e. The molecule has 0 saturated carbocycles. The van der Waals surface area contributed by atoms with Gasteiger partial charge in [0.05, 0.1) is 5.69 Å². The van der Waals surface area contributed by atoms with Crippen LogP contribution < -0.4 is 9.64 Å². The third-order valence-electron chi connectivity index (χ3n) is 5.78. The molecule has 0 bridgehead atoms. The van der Waals surface area contributed by atoms with Crippen molar-refractivity contribution in [2.24, 2.45) is 0 Å². The molecular formula is C23H26ClN3O3.